The Morgan fingerprint density at radius 1 is 0.947 bits per heavy atom. The molecule has 19 heavy (non-hydrogen) atoms. The zero-order chi connectivity index (χ0) is 13.4. The minimum absolute atomic E-state index is 0.601. The molecule has 0 radical (unpaired) electrons. The van der Waals surface area contributed by atoms with Crippen LogP contribution in [0.2, 0.25) is 0 Å². The summed E-state index contributed by atoms with van der Waals surface area (Å²) in [5.41, 5.74) is 9.15. The molecule has 0 nitrogen and oxygen atoms in total. The second kappa shape index (κ2) is 4.85. The molecule has 0 N–H and O–H groups in total. The highest BCUT2D eigenvalue weighted by atomic mass is 14.3. The molecule has 98 valence electrons. The standard InChI is InChI=1S/C19H22/c1-13-12-14(2)17-10-7-11-18(19(17)15(13)3)16-8-5-4-6-9-16/h4-6,8-9,12,18H,7,10-11H2,1-3H3. The van der Waals surface area contributed by atoms with E-state index in [9.17, 15) is 0 Å². The van der Waals surface area contributed by atoms with E-state index >= 15 is 0 Å². The second-order valence-electron chi connectivity index (χ2n) is 5.88. The van der Waals surface area contributed by atoms with Gasteiger partial charge in [0, 0.05) is 5.92 Å². The van der Waals surface area contributed by atoms with Crippen LogP contribution in [0.15, 0.2) is 36.4 Å². The Morgan fingerprint density at radius 3 is 2.42 bits per heavy atom. The lowest BCUT2D eigenvalue weighted by Gasteiger charge is -2.30. The van der Waals surface area contributed by atoms with E-state index in [1.807, 2.05) is 0 Å². The Balaban J connectivity index is 2.19. The van der Waals surface area contributed by atoms with Crippen molar-refractivity contribution in [1.29, 1.82) is 0 Å². The number of hydrogen-bond donors (Lipinski definition) is 0. The Bertz CT molecular complexity index is 593. The average Bonchev–Trinajstić information content (AvgIpc) is 2.45. The first kappa shape index (κ1) is 12.5. The molecule has 0 saturated heterocycles. The van der Waals surface area contributed by atoms with Crippen molar-refractivity contribution >= 4 is 0 Å². The lowest BCUT2D eigenvalue weighted by Crippen LogP contribution is -2.15. The molecule has 0 aromatic heterocycles. The molecule has 0 fully saturated rings. The molecule has 0 bridgehead atoms. The fourth-order valence-electron chi connectivity index (χ4n) is 3.62. The Hall–Kier alpha value is -1.56. The second-order valence-corrected chi connectivity index (χ2v) is 5.88. The molecule has 1 aliphatic rings. The van der Waals surface area contributed by atoms with Crippen LogP contribution in [0.4, 0.5) is 0 Å². The molecule has 0 aliphatic heterocycles. The minimum Gasteiger partial charge on any atom is -0.0622 e. The number of fused-ring (bicyclic) bond motifs is 1. The van der Waals surface area contributed by atoms with Crippen LogP contribution >= 0.6 is 0 Å². The van der Waals surface area contributed by atoms with Gasteiger partial charge in [-0.1, -0.05) is 36.4 Å². The van der Waals surface area contributed by atoms with E-state index in [2.05, 4.69) is 57.2 Å². The molecule has 1 unspecified atom stereocenters. The lowest BCUT2D eigenvalue weighted by atomic mass is 9.74. The van der Waals surface area contributed by atoms with Gasteiger partial charge in [0.25, 0.3) is 0 Å². The maximum absolute atomic E-state index is 2.36. The highest BCUT2D eigenvalue weighted by Gasteiger charge is 2.25. The van der Waals surface area contributed by atoms with Crippen LogP contribution in [-0.4, -0.2) is 0 Å². The number of hydrogen-bond acceptors (Lipinski definition) is 0. The lowest BCUT2D eigenvalue weighted by molar-refractivity contribution is 0.609. The molecular formula is C19H22. The van der Waals surface area contributed by atoms with E-state index in [0.717, 1.165) is 0 Å². The first-order valence-electron chi connectivity index (χ1n) is 7.33. The molecule has 0 spiro atoms. The van der Waals surface area contributed by atoms with E-state index in [4.69, 9.17) is 0 Å². The van der Waals surface area contributed by atoms with Gasteiger partial charge >= 0.3 is 0 Å². The van der Waals surface area contributed by atoms with Gasteiger partial charge in [-0.3, -0.25) is 0 Å². The van der Waals surface area contributed by atoms with Crippen LogP contribution in [0.1, 0.15) is 52.1 Å². The van der Waals surface area contributed by atoms with Crippen LogP contribution in [0.5, 0.6) is 0 Å². The van der Waals surface area contributed by atoms with Gasteiger partial charge in [-0.05, 0) is 73.4 Å². The van der Waals surface area contributed by atoms with Gasteiger partial charge in [0.2, 0.25) is 0 Å². The largest absolute Gasteiger partial charge is 0.0622 e. The first-order chi connectivity index (χ1) is 9.18. The van der Waals surface area contributed by atoms with E-state index in [0.29, 0.717) is 5.92 Å². The quantitative estimate of drug-likeness (QED) is 0.662. The number of rotatable bonds is 1. The van der Waals surface area contributed by atoms with Gasteiger partial charge in [-0.25, -0.2) is 0 Å². The summed E-state index contributed by atoms with van der Waals surface area (Å²) in [7, 11) is 0. The summed E-state index contributed by atoms with van der Waals surface area (Å²) in [6.07, 6.45) is 3.86. The molecule has 3 rings (SSSR count). The highest BCUT2D eigenvalue weighted by molar-refractivity contribution is 5.51. The third-order valence-corrected chi connectivity index (χ3v) is 4.70. The van der Waals surface area contributed by atoms with Crippen molar-refractivity contribution in [3.63, 3.8) is 0 Å². The summed E-state index contributed by atoms with van der Waals surface area (Å²) < 4.78 is 0. The average molecular weight is 250 g/mol. The van der Waals surface area contributed by atoms with Gasteiger partial charge in [0.15, 0.2) is 0 Å². The van der Waals surface area contributed by atoms with Crippen LogP contribution in [0, 0.1) is 20.8 Å². The van der Waals surface area contributed by atoms with Crippen molar-refractivity contribution in [3.8, 4) is 0 Å². The topological polar surface area (TPSA) is 0 Å². The summed E-state index contributed by atoms with van der Waals surface area (Å²) >= 11 is 0. The van der Waals surface area contributed by atoms with Crippen molar-refractivity contribution in [3.05, 3.63) is 69.8 Å². The fourth-order valence-corrected chi connectivity index (χ4v) is 3.62. The van der Waals surface area contributed by atoms with Crippen molar-refractivity contribution < 1.29 is 0 Å². The minimum atomic E-state index is 0.601. The molecule has 0 heteroatoms. The maximum Gasteiger partial charge on any atom is 0.00950 e. The summed E-state index contributed by atoms with van der Waals surface area (Å²) in [5, 5.41) is 0. The third kappa shape index (κ3) is 2.10. The summed E-state index contributed by atoms with van der Waals surface area (Å²) in [6, 6.07) is 13.4. The zero-order valence-electron chi connectivity index (χ0n) is 12.2. The predicted molar refractivity (Wildman–Crippen MR) is 81.9 cm³/mol. The van der Waals surface area contributed by atoms with Gasteiger partial charge in [-0.2, -0.15) is 0 Å². The van der Waals surface area contributed by atoms with Crippen molar-refractivity contribution in [2.75, 3.05) is 0 Å². The normalized spacial score (nSPS) is 18.2. The molecule has 1 aliphatic carbocycles. The summed E-state index contributed by atoms with van der Waals surface area (Å²) in [4.78, 5) is 0. The van der Waals surface area contributed by atoms with Gasteiger partial charge in [-0.15, -0.1) is 0 Å². The van der Waals surface area contributed by atoms with Crippen LogP contribution < -0.4 is 0 Å². The van der Waals surface area contributed by atoms with Crippen molar-refractivity contribution in [2.45, 2.75) is 46.0 Å². The maximum atomic E-state index is 2.36. The molecule has 0 saturated carbocycles. The Labute approximate surface area is 116 Å². The third-order valence-electron chi connectivity index (χ3n) is 4.70. The predicted octanol–water partition coefficient (Wildman–Crippen LogP) is 5.08. The van der Waals surface area contributed by atoms with E-state index in [1.54, 1.807) is 11.1 Å². The van der Waals surface area contributed by atoms with Gasteiger partial charge in [0.1, 0.15) is 0 Å². The summed E-state index contributed by atoms with van der Waals surface area (Å²) in [6.45, 7) is 6.83. The monoisotopic (exact) mass is 250 g/mol. The van der Waals surface area contributed by atoms with E-state index < -0.39 is 0 Å². The smallest absolute Gasteiger partial charge is 0.00950 e. The van der Waals surface area contributed by atoms with Gasteiger partial charge < -0.3 is 0 Å². The number of benzene rings is 2. The van der Waals surface area contributed by atoms with Gasteiger partial charge in [0.05, 0.1) is 0 Å². The van der Waals surface area contributed by atoms with Crippen molar-refractivity contribution in [1.82, 2.24) is 0 Å². The first-order valence-corrected chi connectivity index (χ1v) is 7.33. The van der Waals surface area contributed by atoms with Crippen LogP contribution in [0.3, 0.4) is 0 Å². The SMILES string of the molecule is Cc1cc(C)c2c(c1C)C(c1ccccc1)CCC2. The van der Waals surface area contributed by atoms with Crippen LogP contribution in [0.25, 0.3) is 0 Å². The molecule has 0 heterocycles. The Morgan fingerprint density at radius 2 is 1.68 bits per heavy atom. The molecule has 0 amide bonds. The van der Waals surface area contributed by atoms with E-state index in [-0.39, 0.29) is 0 Å². The van der Waals surface area contributed by atoms with E-state index in [1.165, 1.54) is 41.5 Å². The Kier molecular flexibility index (Phi) is 3.18. The zero-order valence-corrected chi connectivity index (χ0v) is 12.2. The molecule has 2 aromatic carbocycles. The number of aryl methyl sites for hydroxylation is 2. The molecular weight excluding hydrogens is 228 g/mol. The van der Waals surface area contributed by atoms with Crippen molar-refractivity contribution in [2.24, 2.45) is 0 Å². The highest BCUT2D eigenvalue weighted by Crippen LogP contribution is 2.40. The summed E-state index contributed by atoms with van der Waals surface area (Å²) in [5.74, 6) is 0.601. The fraction of sp³-hybridized carbons (Fsp3) is 0.368. The molecule has 1 atom stereocenters. The molecule has 2 aromatic rings. The van der Waals surface area contributed by atoms with Crippen LogP contribution in [-0.2, 0) is 6.42 Å².